The van der Waals surface area contributed by atoms with Crippen molar-refractivity contribution in [2.75, 3.05) is 18.0 Å². The molecule has 0 spiro atoms. The van der Waals surface area contributed by atoms with E-state index in [0.717, 1.165) is 5.69 Å². The van der Waals surface area contributed by atoms with Gasteiger partial charge in [0, 0.05) is 18.7 Å². The minimum atomic E-state index is -0.639. The highest BCUT2D eigenvalue weighted by atomic mass is 35.5. The summed E-state index contributed by atoms with van der Waals surface area (Å²) in [5, 5.41) is 5.29. The maximum Gasteiger partial charge on any atom is 0.239 e. The molecule has 0 radical (unpaired) electrons. The molecule has 0 bridgehead atoms. The number of nitrogens with zero attached hydrogens (tertiary/aromatic N) is 1. The van der Waals surface area contributed by atoms with Crippen molar-refractivity contribution in [1.82, 2.24) is 10.6 Å². The van der Waals surface area contributed by atoms with Gasteiger partial charge in [-0.05, 0) is 18.1 Å². The van der Waals surface area contributed by atoms with Gasteiger partial charge in [0.25, 0.3) is 0 Å². The standard InChI is InChI=1S/C17H24N4O3.ClH/c1-11(2)16(18)17(24)19-9-14(22)20-12-8-15(23)21(10-12)13-6-4-3-5-7-13;/h3-7,11-12,16H,8-10,18H2,1-2H3,(H,19,24)(H,20,22);1H/t12?,16-;/m0./s1. The van der Waals surface area contributed by atoms with Crippen LogP contribution < -0.4 is 21.3 Å². The predicted octanol–water partition coefficient (Wildman–Crippen LogP) is 0.429. The van der Waals surface area contributed by atoms with E-state index in [2.05, 4.69) is 10.6 Å². The van der Waals surface area contributed by atoms with Gasteiger partial charge in [0.05, 0.1) is 18.6 Å². The summed E-state index contributed by atoms with van der Waals surface area (Å²) in [6, 6.07) is 8.42. The molecule has 1 heterocycles. The number of para-hydroxylation sites is 1. The van der Waals surface area contributed by atoms with E-state index in [4.69, 9.17) is 5.73 Å². The molecule has 0 aromatic heterocycles. The van der Waals surface area contributed by atoms with E-state index in [1.165, 1.54) is 0 Å². The molecule has 4 N–H and O–H groups in total. The quantitative estimate of drug-likeness (QED) is 0.677. The highest BCUT2D eigenvalue weighted by molar-refractivity contribution is 5.97. The Hall–Kier alpha value is -2.12. The van der Waals surface area contributed by atoms with Crippen LogP contribution in [-0.4, -0.2) is 42.9 Å². The van der Waals surface area contributed by atoms with E-state index < -0.39 is 6.04 Å². The molecule has 1 aliphatic heterocycles. The number of carbonyl (C=O) groups is 3. The van der Waals surface area contributed by atoms with Crippen LogP contribution in [0.1, 0.15) is 20.3 Å². The lowest BCUT2D eigenvalue weighted by molar-refractivity contribution is -0.127. The van der Waals surface area contributed by atoms with Crippen LogP contribution in [0.2, 0.25) is 0 Å². The predicted molar refractivity (Wildman–Crippen MR) is 98.4 cm³/mol. The van der Waals surface area contributed by atoms with Crippen molar-refractivity contribution >= 4 is 35.8 Å². The molecule has 1 aromatic carbocycles. The fourth-order valence-electron chi connectivity index (χ4n) is 2.53. The van der Waals surface area contributed by atoms with Crippen molar-refractivity contribution < 1.29 is 14.4 Å². The zero-order valence-corrected chi connectivity index (χ0v) is 15.2. The first-order chi connectivity index (χ1) is 11.4. The number of hydrogen-bond donors (Lipinski definition) is 3. The molecular formula is C17H25ClN4O3. The highest BCUT2D eigenvalue weighted by Crippen LogP contribution is 2.20. The normalized spacial score (nSPS) is 17.8. The minimum Gasteiger partial charge on any atom is -0.350 e. The molecular weight excluding hydrogens is 344 g/mol. The first kappa shape index (κ1) is 20.9. The van der Waals surface area contributed by atoms with Gasteiger partial charge in [0.2, 0.25) is 17.7 Å². The maximum absolute atomic E-state index is 12.1. The topological polar surface area (TPSA) is 105 Å². The van der Waals surface area contributed by atoms with Gasteiger partial charge in [0.15, 0.2) is 0 Å². The lowest BCUT2D eigenvalue weighted by atomic mass is 10.1. The van der Waals surface area contributed by atoms with Gasteiger partial charge >= 0.3 is 0 Å². The van der Waals surface area contributed by atoms with Gasteiger partial charge in [-0.15, -0.1) is 12.4 Å². The third kappa shape index (κ3) is 5.72. The summed E-state index contributed by atoms with van der Waals surface area (Å²) in [4.78, 5) is 37.4. The van der Waals surface area contributed by atoms with E-state index in [0.29, 0.717) is 6.54 Å². The molecule has 1 aromatic rings. The second-order valence-electron chi connectivity index (χ2n) is 6.30. The summed E-state index contributed by atoms with van der Waals surface area (Å²) in [6.07, 6.45) is 0.250. The van der Waals surface area contributed by atoms with Crippen LogP contribution >= 0.6 is 12.4 Å². The zero-order valence-electron chi connectivity index (χ0n) is 14.4. The van der Waals surface area contributed by atoms with Crippen molar-refractivity contribution in [3.63, 3.8) is 0 Å². The monoisotopic (exact) mass is 368 g/mol. The molecule has 3 amide bonds. The van der Waals surface area contributed by atoms with E-state index in [-0.39, 0.29) is 55.1 Å². The number of nitrogens with two attached hydrogens (primary N) is 1. The number of amides is 3. The molecule has 2 rings (SSSR count). The van der Waals surface area contributed by atoms with Gasteiger partial charge in [-0.25, -0.2) is 0 Å². The molecule has 138 valence electrons. The molecule has 0 aliphatic carbocycles. The maximum atomic E-state index is 12.1. The SMILES string of the molecule is CC(C)[C@H](N)C(=O)NCC(=O)NC1CC(=O)N(c2ccccc2)C1.Cl. The molecule has 1 aliphatic rings. The molecule has 1 unspecified atom stereocenters. The Balaban J connectivity index is 0.00000312. The zero-order chi connectivity index (χ0) is 17.7. The van der Waals surface area contributed by atoms with E-state index >= 15 is 0 Å². The molecule has 0 saturated carbocycles. The third-order valence-corrected chi connectivity index (χ3v) is 4.00. The molecule has 25 heavy (non-hydrogen) atoms. The number of benzene rings is 1. The van der Waals surface area contributed by atoms with Crippen LogP contribution in [0.3, 0.4) is 0 Å². The van der Waals surface area contributed by atoms with Crippen molar-refractivity contribution in [3.8, 4) is 0 Å². The van der Waals surface area contributed by atoms with Crippen molar-refractivity contribution in [2.45, 2.75) is 32.4 Å². The van der Waals surface area contributed by atoms with E-state index in [1.807, 2.05) is 44.2 Å². The molecule has 1 fully saturated rings. The Labute approximate surface area is 153 Å². The fourth-order valence-corrected chi connectivity index (χ4v) is 2.53. The molecule has 2 atom stereocenters. The summed E-state index contributed by atoms with van der Waals surface area (Å²) in [5.74, 6) is -0.710. The highest BCUT2D eigenvalue weighted by Gasteiger charge is 2.31. The summed E-state index contributed by atoms with van der Waals surface area (Å²) in [6.45, 7) is 3.96. The van der Waals surface area contributed by atoms with Crippen LogP contribution in [0.4, 0.5) is 5.69 Å². The van der Waals surface area contributed by atoms with Crippen LogP contribution in [0.5, 0.6) is 0 Å². The lowest BCUT2D eigenvalue weighted by Gasteiger charge is -2.18. The molecule has 8 heteroatoms. The fraction of sp³-hybridized carbons (Fsp3) is 0.471. The molecule has 1 saturated heterocycles. The van der Waals surface area contributed by atoms with Crippen molar-refractivity contribution in [2.24, 2.45) is 11.7 Å². The van der Waals surface area contributed by atoms with E-state index in [9.17, 15) is 14.4 Å². The number of nitrogens with one attached hydrogen (secondary N) is 2. The van der Waals surface area contributed by atoms with Crippen LogP contribution in [-0.2, 0) is 14.4 Å². The Morgan fingerprint density at radius 2 is 1.92 bits per heavy atom. The summed E-state index contributed by atoms with van der Waals surface area (Å²) in [7, 11) is 0. The average Bonchev–Trinajstić information content (AvgIpc) is 2.92. The van der Waals surface area contributed by atoms with Gasteiger partial charge in [0.1, 0.15) is 0 Å². The Morgan fingerprint density at radius 3 is 2.52 bits per heavy atom. The van der Waals surface area contributed by atoms with Crippen LogP contribution in [0, 0.1) is 5.92 Å². The first-order valence-corrected chi connectivity index (χ1v) is 8.06. The second kappa shape index (κ2) is 9.39. The van der Waals surface area contributed by atoms with Crippen molar-refractivity contribution in [1.29, 1.82) is 0 Å². The van der Waals surface area contributed by atoms with Gasteiger partial charge in [-0.1, -0.05) is 32.0 Å². The third-order valence-electron chi connectivity index (χ3n) is 4.00. The number of anilines is 1. The smallest absolute Gasteiger partial charge is 0.239 e. The summed E-state index contributed by atoms with van der Waals surface area (Å²) < 4.78 is 0. The Morgan fingerprint density at radius 1 is 1.28 bits per heavy atom. The minimum absolute atomic E-state index is 0. The summed E-state index contributed by atoms with van der Waals surface area (Å²) >= 11 is 0. The Bertz CT molecular complexity index is 609. The van der Waals surface area contributed by atoms with Gasteiger partial charge < -0.3 is 21.3 Å². The van der Waals surface area contributed by atoms with Crippen molar-refractivity contribution in [3.05, 3.63) is 30.3 Å². The molecule has 7 nitrogen and oxygen atoms in total. The van der Waals surface area contributed by atoms with Crippen LogP contribution in [0.15, 0.2) is 30.3 Å². The largest absolute Gasteiger partial charge is 0.350 e. The van der Waals surface area contributed by atoms with Gasteiger partial charge in [-0.2, -0.15) is 0 Å². The van der Waals surface area contributed by atoms with Crippen LogP contribution in [0.25, 0.3) is 0 Å². The van der Waals surface area contributed by atoms with Gasteiger partial charge in [-0.3, -0.25) is 14.4 Å². The number of rotatable bonds is 6. The Kier molecular flexibility index (Phi) is 7.86. The number of hydrogen-bond acceptors (Lipinski definition) is 4. The second-order valence-corrected chi connectivity index (χ2v) is 6.30. The summed E-state index contributed by atoms with van der Waals surface area (Å²) in [5.41, 5.74) is 6.53. The van der Waals surface area contributed by atoms with E-state index in [1.54, 1.807) is 4.90 Å². The average molecular weight is 369 g/mol. The first-order valence-electron chi connectivity index (χ1n) is 8.06. The lowest BCUT2D eigenvalue weighted by Crippen LogP contribution is -2.48. The number of halogens is 1. The number of carbonyl (C=O) groups excluding carboxylic acids is 3.